The van der Waals surface area contributed by atoms with E-state index in [1.807, 2.05) is 0 Å². The highest BCUT2D eigenvalue weighted by Crippen LogP contribution is 2.48. The van der Waals surface area contributed by atoms with Crippen LogP contribution in [0.5, 0.6) is 0 Å². The van der Waals surface area contributed by atoms with Crippen molar-refractivity contribution in [3.63, 3.8) is 0 Å². The maximum atomic E-state index is 10.2. The van der Waals surface area contributed by atoms with Gasteiger partial charge in [0.05, 0.1) is 24.2 Å². The molecule has 4 aliphatic rings. The van der Waals surface area contributed by atoms with Crippen LogP contribution in [0.3, 0.4) is 0 Å². The monoisotopic (exact) mass is 466 g/mol. The maximum Gasteiger partial charge on any atom is 0.556 e. The Morgan fingerprint density at radius 3 is 0.750 bits per heavy atom. The molecule has 0 unspecified atom stereocenters. The minimum Gasteiger partial charge on any atom is -0.870 e. The molecule has 0 atom stereocenters. The SMILES string of the molecule is C1CCC([N+](C2CCCCC2)(C2CCCCC2)C2CCCCC2)CC1.[NH3+]C(F)(F)F.[OH-].[OH-]. The molecule has 4 aliphatic carbocycles. The van der Waals surface area contributed by atoms with E-state index in [9.17, 15) is 13.2 Å². The van der Waals surface area contributed by atoms with Crippen LogP contribution in [0, 0.1) is 0 Å². The smallest absolute Gasteiger partial charge is 0.556 e. The van der Waals surface area contributed by atoms with Gasteiger partial charge in [0.1, 0.15) is 0 Å². The zero-order valence-corrected chi connectivity index (χ0v) is 20.1. The van der Waals surface area contributed by atoms with Gasteiger partial charge in [0.25, 0.3) is 0 Å². The molecule has 0 radical (unpaired) electrons. The first-order valence-electron chi connectivity index (χ1n) is 13.2. The minimum atomic E-state index is -4.25. The largest absolute Gasteiger partial charge is 0.870 e. The van der Waals surface area contributed by atoms with E-state index < -0.39 is 6.30 Å². The quantitative estimate of drug-likeness (QED) is 0.377. The van der Waals surface area contributed by atoms with Crippen molar-refractivity contribution in [3.8, 4) is 0 Å². The third-order valence-electron chi connectivity index (χ3n) is 8.83. The predicted octanol–water partition coefficient (Wildman–Crippen LogP) is 6.53. The molecular formula is C25H49F3N2O2. The standard InChI is InChI=1S/C24H44N.CH2F3N.2H2O/c1-5-13-21(14-6-1)25(22-15-7-2-8-16-22,23-17-9-3-10-18-23)24-19-11-4-12-20-24;2-1(3,4)5;;/h21-24H,1-20H2;5H2;2*1H2/q+1;;;/p-1. The highest BCUT2D eigenvalue weighted by Gasteiger charge is 2.53. The zero-order chi connectivity index (χ0) is 21.5. The summed E-state index contributed by atoms with van der Waals surface area (Å²) in [5, 5.41) is 0. The first kappa shape index (κ1) is 29.7. The van der Waals surface area contributed by atoms with Crippen molar-refractivity contribution < 1.29 is 34.3 Å². The number of quaternary nitrogens is 2. The van der Waals surface area contributed by atoms with E-state index in [2.05, 4.69) is 0 Å². The van der Waals surface area contributed by atoms with Gasteiger partial charge in [-0.05, 0) is 103 Å². The third kappa shape index (κ3) is 7.85. The summed E-state index contributed by atoms with van der Waals surface area (Å²) in [5.74, 6) is 0. The Bertz CT molecular complexity index is 397. The summed E-state index contributed by atoms with van der Waals surface area (Å²) in [6.45, 7) is 0. The Morgan fingerprint density at radius 1 is 0.438 bits per heavy atom. The molecule has 32 heavy (non-hydrogen) atoms. The minimum absolute atomic E-state index is 0. The molecule has 4 nitrogen and oxygen atoms in total. The van der Waals surface area contributed by atoms with E-state index in [4.69, 9.17) is 0 Å². The fourth-order valence-electron chi connectivity index (χ4n) is 7.90. The Balaban J connectivity index is 0.000000664. The van der Waals surface area contributed by atoms with Gasteiger partial charge in [0.2, 0.25) is 0 Å². The van der Waals surface area contributed by atoms with Gasteiger partial charge in [-0.1, -0.05) is 25.7 Å². The summed E-state index contributed by atoms with van der Waals surface area (Å²) in [6, 6.07) is 4.18. The molecular weight excluding hydrogens is 417 g/mol. The van der Waals surface area contributed by atoms with Crippen LogP contribution in [0.25, 0.3) is 0 Å². The summed E-state index contributed by atoms with van der Waals surface area (Å²) in [6.07, 6.45) is 26.7. The van der Waals surface area contributed by atoms with Crippen LogP contribution in [0.1, 0.15) is 128 Å². The summed E-state index contributed by atoms with van der Waals surface area (Å²) in [5.41, 5.74) is 1.77. The average Bonchev–Trinajstić information content (AvgIpc) is 2.76. The van der Waals surface area contributed by atoms with Gasteiger partial charge < -0.3 is 15.4 Å². The van der Waals surface area contributed by atoms with Crippen molar-refractivity contribution in [2.24, 2.45) is 0 Å². The van der Waals surface area contributed by atoms with E-state index in [0.29, 0.717) is 0 Å². The molecule has 0 heterocycles. The van der Waals surface area contributed by atoms with Crippen LogP contribution >= 0.6 is 0 Å². The lowest BCUT2D eigenvalue weighted by atomic mass is 9.76. The number of nitrogens with zero attached hydrogens (tertiary/aromatic N) is 1. The molecule has 4 fully saturated rings. The van der Waals surface area contributed by atoms with Crippen molar-refractivity contribution in [1.29, 1.82) is 0 Å². The van der Waals surface area contributed by atoms with Gasteiger partial charge in [-0.15, -0.1) is 13.2 Å². The first-order valence-corrected chi connectivity index (χ1v) is 13.2. The Hall–Kier alpha value is -0.370. The first-order chi connectivity index (χ1) is 14.4. The molecule has 0 aromatic heterocycles. The summed E-state index contributed by atoms with van der Waals surface area (Å²) in [7, 11) is 0. The second-order valence-electron chi connectivity index (χ2n) is 10.7. The number of hydrogen-bond acceptors (Lipinski definition) is 2. The van der Waals surface area contributed by atoms with Gasteiger partial charge in [-0.2, -0.15) is 0 Å². The van der Waals surface area contributed by atoms with Crippen molar-refractivity contribution in [3.05, 3.63) is 0 Å². The zero-order valence-electron chi connectivity index (χ0n) is 20.1. The topological polar surface area (TPSA) is 87.6 Å². The number of halogens is 3. The van der Waals surface area contributed by atoms with Gasteiger partial charge >= 0.3 is 6.30 Å². The van der Waals surface area contributed by atoms with E-state index in [0.717, 1.165) is 24.2 Å². The fraction of sp³-hybridized carbons (Fsp3) is 1.00. The van der Waals surface area contributed by atoms with E-state index >= 15 is 0 Å². The Kier molecular flexibility index (Phi) is 13.1. The van der Waals surface area contributed by atoms with Crippen LogP contribution in [-0.2, 0) is 0 Å². The molecule has 7 heteroatoms. The molecule has 5 N–H and O–H groups in total. The third-order valence-corrected chi connectivity index (χ3v) is 8.83. The number of rotatable bonds is 4. The van der Waals surface area contributed by atoms with Gasteiger partial charge in [-0.3, -0.25) is 5.73 Å². The molecule has 0 saturated heterocycles. The normalized spacial score (nSPS) is 25.1. The summed E-state index contributed by atoms with van der Waals surface area (Å²) < 4.78 is 32.4. The average molecular weight is 467 g/mol. The molecule has 0 amide bonds. The van der Waals surface area contributed by atoms with Crippen molar-refractivity contribution in [2.45, 2.75) is 159 Å². The summed E-state index contributed by atoms with van der Waals surface area (Å²) in [4.78, 5) is 0. The van der Waals surface area contributed by atoms with Crippen LogP contribution in [0.2, 0.25) is 0 Å². The van der Waals surface area contributed by atoms with Crippen LogP contribution < -0.4 is 5.73 Å². The maximum absolute atomic E-state index is 10.2. The molecule has 192 valence electrons. The second-order valence-corrected chi connectivity index (χ2v) is 10.7. The lowest BCUT2D eigenvalue weighted by molar-refractivity contribution is -1.02. The Morgan fingerprint density at radius 2 is 0.594 bits per heavy atom. The van der Waals surface area contributed by atoms with Gasteiger partial charge in [0, 0.05) is 0 Å². The van der Waals surface area contributed by atoms with Crippen molar-refractivity contribution in [1.82, 2.24) is 0 Å². The van der Waals surface area contributed by atoms with Crippen LogP contribution in [-0.4, -0.2) is 45.9 Å². The Labute approximate surface area is 193 Å². The second kappa shape index (κ2) is 14.1. The number of hydrogen-bond donors (Lipinski definition) is 1. The van der Waals surface area contributed by atoms with E-state index in [1.165, 1.54) is 77.0 Å². The number of alkyl halides is 3. The molecule has 0 aromatic carbocycles. The lowest BCUT2D eigenvalue weighted by Crippen LogP contribution is -2.72. The van der Waals surface area contributed by atoms with Crippen molar-refractivity contribution in [2.75, 3.05) is 0 Å². The van der Waals surface area contributed by atoms with Crippen LogP contribution in [0.15, 0.2) is 0 Å². The molecule has 4 saturated carbocycles. The highest BCUT2D eigenvalue weighted by atomic mass is 19.4. The molecule has 0 bridgehead atoms. The summed E-state index contributed by atoms with van der Waals surface area (Å²) >= 11 is 0. The van der Waals surface area contributed by atoms with Gasteiger partial charge in [0.15, 0.2) is 0 Å². The van der Waals surface area contributed by atoms with Crippen LogP contribution in [0.4, 0.5) is 13.2 Å². The fourth-order valence-corrected chi connectivity index (χ4v) is 7.90. The van der Waals surface area contributed by atoms with E-state index in [1.54, 1.807) is 61.6 Å². The molecule has 0 aromatic rings. The lowest BCUT2D eigenvalue weighted by Gasteiger charge is -2.62. The molecule has 0 spiro atoms. The molecule has 4 rings (SSSR count). The predicted molar refractivity (Wildman–Crippen MR) is 121 cm³/mol. The van der Waals surface area contributed by atoms with E-state index in [-0.39, 0.29) is 11.0 Å². The highest BCUT2D eigenvalue weighted by molar-refractivity contribution is 4.85. The van der Waals surface area contributed by atoms with Crippen molar-refractivity contribution >= 4 is 0 Å². The molecule has 0 aliphatic heterocycles. The van der Waals surface area contributed by atoms with Gasteiger partial charge in [-0.25, -0.2) is 0 Å².